The zero-order chi connectivity index (χ0) is 11.8. The van der Waals surface area contributed by atoms with Gasteiger partial charge < -0.3 is 5.32 Å². The maximum absolute atomic E-state index is 4.08. The molecule has 0 saturated heterocycles. The van der Waals surface area contributed by atoms with E-state index < -0.39 is 0 Å². The van der Waals surface area contributed by atoms with Gasteiger partial charge in [-0.3, -0.25) is 4.90 Å². The predicted molar refractivity (Wildman–Crippen MR) is 68.9 cm³/mol. The molecular weight excluding hydrogens is 184 g/mol. The lowest BCUT2D eigenvalue weighted by molar-refractivity contribution is 0.215. The van der Waals surface area contributed by atoms with Crippen LogP contribution in [0.5, 0.6) is 0 Å². The summed E-state index contributed by atoms with van der Waals surface area (Å²) in [6.45, 7) is 11.7. The summed E-state index contributed by atoms with van der Waals surface area (Å²) in [7, 11) is 4.12. The minimum absolute atomic E-state index is 0.246. The molecule has 0 saturated carbocycles. The SMILES string of the molecule is C=C(/C=C\C)C(NC)N(C)C[C@@H](C)CC. The van der Waals surface area contributed by atoms with Gasteiger partial charge in [-0.1, -0.05) is 39.0 Å². The van der Waals surface area contributed by atoms with Crippen molar-refractivity contribution in [2.75, 3.05) is 20.6 Å². The molecule has 0 aromatic heterocycles. The minimum Gasteiger partial charge on any atom is -0.301 e. The van der Waals surface area contributed by atoms with Crippen LogP contribution in [0.4, 0.5) is 0 Å². The van der Waals surface area contributed by atoms with E-state index in [4.69, 9.17) is 0 Å². The fraction of sp³-hybridized carbons (Fsp3) is 0.692. The first-order chi connectivity index (χ1) is 7.06. The molecule has 0 spiro atoms. The lowest BCUT2D eigenvalue weighted by atomic mass is 10.1. The molecule has 0 aliphatic rings. The smallest absolute Gasteiger partial charge is 0.0850 e. The van der Waals surface area contributed by atoms with E-state index in [1.165, 1.54) is 6.42 Å². The van der Waals surface area contributed by atoms with E-state index in [0.29, 0.717) is 0 Å². The van der Waals surface area contributed by atoms with Crippen molar-refractivity contribution < 1.29 is 0 Å². The molecule has 2 heteroatoms. The normalized spacial score (nSPS) is 15.9. The molecule has 1 N–H and O–H groups in total. The summed E-state index contributed by atoms with van der Waals surface area (Å²) in [5.74, 6) is 0.726. The maximum atomic E-state index is 4.08. The minimum atomic E-state index is 0.246. The molecule has 1 unspecified atom stereocenters. The molecule has 2 nitrogen and oxygen atoms in total. The lowest BCUT2D eigenvalue weighted by Gasteiger charge is -2.30. The maximum Gasteiger partial charge on any atom is 0.0850 e. The molecule has 0 rings (SSSR count). The Bertz CT molecular complexity index is 209. The average Bonchev–Trinajstić information content (AvgIpc) is 2.19. The van der Waals surface area contributed by atoms with Gasteiger partial charge in [0.15, 0.2) is 0 Å². The summed E-state index contributed by atoms with van der Waals surface area (Å²) in [6.07, 6.45) is 5.56. The van der Waals surface area contributed by atoms with E-state index in [0.717, 1.165) is 18.0 Å². The summed E-state index contributed by atoms with van der Waals surface area (Å²) in [4.78, 5) is 2.32. The highest BCUT2D eigenvalue weighted by Crippen LogP contribution is 2.10. The van der Waals surface area contributed by atoms with Crippen LogP contribution < -0.4 is 5.32 Å². The Morgan fingerprint density at radius 3 is 2.53 bits per heavy atom. The van der Waals surface area contributed by atoms with E-state index >= 15 is 0 Å². The van der Waals surface area contributed by atoms with Crippen molar-refractivity contribution in [3.63, 3.8) is 0 Å². The van der Waals surface area contributed by atoms with Crippen LogP contribution in [-0.4, -0.2) is 31.7 Å². The van der Waals surface area contributed by atoms with E-state index in [9.17, 15) is 0 Å². The predicted octanol–water partition coefficient (Wildman–Crippen LogP) is 2.64. The van der Waals surface area contributed by atoms with Crippen LogP contribution in [0.25, 0.3) is 0 Å². The van der Waals surface area contributed by atoms with Crippen LogP contribution in [0.3, 0.4) is 0 Å². The van der Waals surface area contributed by atoms with Gasteiger partial charge in [-0.15, -0.1) is 0 Å². The Kier molecular flexibility index (Phi) is 7.35. The van der Waals surface area contributed by atoms with Gasteiger partial charge in [-0.25, -0.2) is 0 Å². The monoisotopic (exact) mass is 210 g/mol. The first kappa shape index (κ1) is 14.4. The van der Waals surface area contributed by atoms with Gasteiger partial charge in [-0.05, 0) is 32.5 Å². The van der Waals surface area contributed by atoms with Crippen molar-refractivity contribution in [3.8, 4) is 0 Å². The number of hydrogen-bond donors (Lipinski definition) is 1. The second-order valence-electron chi connectivity index (χ2n) is 4.22. The van der Waals surface area contributed by atoms with Crippen molar-refractivity contribution in [1.82, 2.24) is 10.2 Å². The third kappa shape index (κ3) is 5.14. The Balaban J connectivity index is 4.33. The first-order valence-corrected chi connectivity index (χ1v) is 5.75. The fourth-order valence-corrected chi connectivity index (χ4v) is 1.72. The number of allylic oxidation sites excluding steroid dienone is 1. The quantitative estimate of drug-likeness (QED) is 0.513. The van der Waals surface area contributed by atoms with Gasteiger partial charge in [0.25, 0.3) is 0 Å². The summed E-state index contributed by atoms with van der Waals surface area (Å²) in [5, 5.41) is 3.29. The molecule has 0 bridgehead atoms. The Hall–Kier alpha value is -0.600. The zero-order valence-electron chi connectivity index (χ0n) is 10.9. The molecule has 0 aromatic carbocycles. The van der Waals surface area contributed by atoms with Gasteiger partial charge in [0, 0.05) is 6.54 Å². The molecule has 15 heavy (non-hydrogen) atoms. The first-order valence-electron chi connectivity index (χ1n) is 5.75. The third-order valence-corrected chi connectivity index (χ3v) is 2.74. The van der Waals surface area contributed by atoms with Crippen LogP contribution in [0.2, 0.25) is 0 Å². The second kappa shape index (κ2) is 7.66. The number of hydrogen-bond acceptors (Lipinski definition) is 2. The molecule has 88 valence electrons. The number of nitrogens with one attached hydrogen (secondary N) is 1. The second-order valence-corrected chi connectivity index (χ2v) is 4.22. The topological polar surface area (TPSA) is 15.3 Å². The molecule has 0 aliphatic carbocycles. The Morgan fingerprint density at radius 2 is 2.13 bits per heavy atom. The fourth-order valence-electron chi connectivity index (χ4n) is 1.72. The summed E-state index contributed by atoms with van der Waals surface area (Å²) >= 11 is 0. The Morgan fingerprint density at radius 1 is 1.53 bits per heavy atom. The number of likely N-dealkylation sites (N-methyl/N-ethyl adjacent to an activating group) is 2. The van der Waals surface area contributed by atoms with Gasteiger partial charge in [0.05, 0.1) is 6.17 Å². The summed E-state index contributed by atoms with van der Waals surface area (Å²) < 4.78 is 0. The standard InChI is InChI=1S/C13H26N2/c1-7-9-12(4)13(14-5)15(6)10-11(3)8-2/h7,9,11,13-14H,4,8,10H2,1-3,5-6H3/b9-7-/t11-,13?/m0/s1. The van der Waals surface area contributed by atoms with Crippen molar-refractivity contribution in [2.24, 2.45) is 5.92 Å². The number of nitrogens with zero attached hydrogens (tertiary/aromatic N) is 1. The van der Waals surface area contributed by atoms with Crippen LogP contribution in [0.1, 0.15) is 27.2 Å². The highest BCUT2D eigenvalue weighted by molar-refractivity contribution is 5.19. The zero-order valence-corrected chi connectivity index (χ0v) is 10.9. The van der Waals surface area contributed by atoms with Crippen molar-refractivity contribution in [1.29, 1.82) is 0 Å². The molecule has 2 atom stereocenters. The Labute approximate surface area is 95.0 Å². The van der Waals surface area contributed by atoms with Crippen molar-refractivity contribution >= 4 is 0 Å². The van der Waals surface area contributed by atoms with Gasteiger partial charge in [0.2, 0.25) is 0 Å². The molecule has 0 heterocycles. The van der Waals surface area contributed by atoms with Gasteiger partial charge in [-0.2, -0.15) is 0 Å². The molecule has 0 amide bonds. The van der Waals surface area contributed by atoms with E-state index in [-0.39, 0.29) is 6.17 Å². The van der Waals surface area contributed by atoms with Gasteiger partial charge in [0.1, 0.15) is 0 Å². The van der Waals surface area contributed by atoms with Crippen LogP contribution in [-0.2, 0) is 0 Å². The van der Waals surface area contributed by atoms with E-state index in [2.05, 4.69) is 43.8 Å². The third-order valence-electron chi connectivity index (χ3n) is 2.74. The van der Waals surface area contributed by atoms with Crippen LogP contribution >= 0.6 is 0 Å². The van der Waals surface area contributed by atoms with Crippen molar-refractivity contribution in [2.45, 2.75) is 33.4 Å². The van der Waals surface area contributed by atoms with Crippen LogP contribution in [0, 0.1) is 5.92 Å². The highest BCUT2D eigenvalue weighted by atomic mass is 15.2. The van der Waals surface area contributed by atoms with E-state index in [1.807, 2.05) is 20.0 Å². The molecule has 0 aliphatic heterocycles. The summed E-state index contributed by atoms with van der Waals surface area (Å²) in [5.41, 5.74) is 1.12. The molecule has 0 radical (unpaired) electrons. The largest absolute Gasteiger partial charge is 0.301 e. The number of rotatable bonds is 7. The molecule has 0 aromatic rings. The van der Waals surface area contributed by atoms with E-state index in [1.54, 1.807) is 0 Å². The summed E-state index contributed by atoms with van der Waals surface area (Å²) in [6, 6.07) is 0. The molecular formula is C13H26N2. The lowest BCUT2D eigenvalue weighted by Crippen LogP contribution is -2.44. The van der Waals surface area contributed by atoms with Gasteiger partial charge >= 0.3 is 0 Å². The molecule has 0 fully saturated rings. The van der Waals surface area contributed by atoms with Crippen LogP contribution in [0.15, 0.2) is 24.3 Å². The highest BCUT2D eigenvalue weighted by Gasteiger charge is 2.15. The van der Waals surface area contributed by atoms with Crippen molar-refractivity contribution in [3.05, 3.63) is 24.3 Å². The average molecular weight is 210 g/mol.